The molecule has 5 heteroatoms. The Morgan fingerprint density at radius 1 is 1.30 bits per heavy atom. The highest BCUT2D eigenvalue weighted by Gasteiger charge is 2.23. The molecule has 0 saturated carbocycles. The number of nitrogens with zero attached hydrogens (tertiary/aromatic N) is 1. The summed E-state index contributed by atoms with van der Waals surface area (Å²) in [5.74, 6) is -1.26. The van der Waals surface area contributed by atoms with E-state index >= 15 is 0 Å². The highest BCUT2D eigenvalue weighted by Crippen LogP contribution is 2.23. The van der Waals surface area contributed by atoms with E-state index in [1.54, 1.807) is 4.90 Å². The lowest BCUT2D eigenvalue weighted by atomic mass is 9.93. The Kier molecular flexibility index (Phi) is 4.93. The Labute approximate surface area is 117 Å². The number of benzene rings is 1. The Morgan fingerprint density at radius 3 is 2.60 bits per heavy atom. The predicted octanol–water partition coefficient (Wildman–Crippen LogP) is 3.98. The fraction of sp³-hybridized carbons (Fsp3) is 0.533. The van der Waals surface area contributed by atoms with Gasteiger partial charge in [0.25, 0.3) is 0 Å². The molecular weight excluding hydrogens is 264 g/mol. The molecule has 0 atom stereocenters. The van der Waals surface area contributed by atoms with E-state index in [4.69, 9.17) is 4.74 Å². The number of hydrogen-bond donors (Lipinski definition) is 0. The number of piperidine rings is 1. The minimum absolute atomic E-state index is 0.0320. The SMILES string of the molecule is CCCC1CCN(C(=O)Oc2ccc(F)c(F)c2)CC1. The van der Waals surface area contributed by atoms with E-state index in [9.17, 15) is 13.6 Å². The molecule has 1 saturated heterocycles. The van der Waals surface area contributed by atoms with Crippen molar-refractivity contribution in [2.75, 3.05) is 13.1 Å². The minimum Gasteiger partial charge on any atom is -0.410 e. The van der Waals surface area contributed by atoms with Gasteiger partial charge in [-0.1, -0.05) is 19.8 Å². The van der Waals surface area contributed by atoms with Gasteiger partial charge in [-0.25, -0.2) is 13.6 Å². The van der Waals surface area contributed by atoms with E-state index in [0.29, 0.717) is 19.0 Å². The van der Waals surface area contributed by atoms with Crippen molar-refractivity contribution in [3.8, 4) is 5.75 Å². The molecule has 0 aromatic heterocycles. The molecule has 1 aliphatic rings. The largest absolute Gasteiger partial charge is 0.415 e. The molecule has 3 nitrogen and oxygen atoms in total. The second-order valence-corrected chi connectivity index (χ2v) is 5.16. The summed E-state index contributed by atoms with van der Waals surface area (Å²) in [6, 6.07) is 3.09. The third-order valence-electron chi connectivity index (χ3n) is 3.67. The van der Waals surface area contributed by atoms with Crippen molar-refractivity contribution >= 4 is 6.09 Å². The first-order valence-electron chi connectivity index (χ1n) is 7.02. The van der Waals surface area contributed by atoms with Crippen molar-refractivity contribution in [1.82, 2.24) is 4.90 Å². The molecule has 0 unspecified atom stereocenters. The average molecular weight is 283 g/mol. The van der Waals surface area contributed by atoms with Crippen LogP contribution in [0.25, 0.3) is 0 Å². The Balaban J connectivity index is 1.88. The molecule has 1 aromatic carbocycles. The van der Waals surface area contributed by atoms with Crippen LogP contribution in [-0.2, 0) is 0 Å². The molecule has 1 amide bonds. The molecule has 1 aromatic rings. The predicted molar refractivity (Wildman–Crippen MR) is 71.6 cm³/mol. The van der Waals surface area contributed by atoms with Gasteiger partial charge in [0.05, 0.1) is 0 Å². The average Bonchev–Trinajstić information content (AvgIpc) is 2.44. The number of hydrogen-bond acceptors (Lipinski definition) is 2. The van der Waals surface area contributed by atoms with E-state index in [-0.39, 0.29) is 5.75 Å². The van der Waals surface area contributed by atoms with Crippen LogP contribution in [0.15, 0.2) is 18.2 Å². The summed E-state index contributed by atoms with van der Waals surface area (Å²) in [5.41, 5.74) is 0. The molecule has 1 heterocycles. The summed E-state index contributed by atoms with van der Waals surface area (Å²) in [7, 11) is 0. The maximum absolute atomic E-state index is 13.0. The molecule has 110 valence electrons. The van der Waals surface area contributed by atoms with Gasteiger partial charge in [0, 0.05) is 19.2 Å². The van der Waals surface area contributed by atoms with Crippen LogP contribution in [0.4, 0.5) is 13.6 Å². The summed E-state index contributed by atoms with van der Waals surface area (Å²) < 4.78 is 30.9. The number of halogens is 2. The molecular formula is C15H19F2NO2. The van der Waals surface area contributed by atoms with E-state index in [0.717, 1.165) is 31.4 Å². The van der Waals surface area contributed by atoms with Crippen molar-refractivity contribution in [2.45, 2.75) is 32.6 Å². The highest BCUT2D eigenvalue weighted by atomic mass is 19.2. The lowest BCUT2D eigenvalue weighted by Crippen LogP contribution is -2.40. The molecule has 0 aliphatic carbocycles. The second-order valence-electron chi connectivity index (χ2n) is 5.16. The van der Waals surface area contributed by atoms with E-state index < -0.39 is 17.7 Å². The van der Waals surface area contributed by atoms with Gasteiger partial charge in [-0.3, -0.25) is 0 Å². The molecule has 1 fully saturated rings. The van der Waals surface area contributed by atoms with Gasteiger partial charge in [0.15, 0.2) is 11.6 Å². The standard InChI is InChI=1S/C15H19F2NO2/c1-2-3-11-6-8-18(9-7-11)15(19)20-12-4-5-13(16)14(17)10-12/h4-5,10-11H,2-3,6-9H2,1H3. The third kappa shape index (κ3) is 3.68. The van der Waals surface area contributed by atoms with Gasteiger partial charge in [-0.2, -0.15) is 0 Å². The summed E-state index contributed by atoms with van der Waals surface area (Å²) in [4.78, 5) is 13.5. The summed E-state index contributed by atoms with van der Waals surface area (Å²) in [5, 5.41) is 0. The van der Waals surface area contributed by atoms with Gasteiger partial charge in [0.2, 0.25) is 0 Å². The molecule has 0 bridgehead atoms. The van der Waals surface area contributed by atoms with Crippen molar-refractivity contribution in [3.05, 3.63) is 29.8 Å². The second kappa shape index (κ2) is 6.68. The van der Waals surface area contributed by atoms with Crippen LogP contribution in [-0.4, -0.2) is 24.1 Å². The number of carbonyl (C=O) groups is 1. The monoisotopic (exact) mass is 283 g/mol. The Bertz CT molecular complexity index is 471. The Morgan fingerprint density at radius 2 is 2.00 bits per heavy atom. The van der Waals surface area contributed by atoms with E-state index in [1.807, 2.05) is 0 Å². The summed E-state index contributed by atoms with van der Waals surface area (Å²) >= 11 is 0. The summed E-state index contributed by atoms with van der Waals surface area (Å²) in [6.07, 6.45) is 3.79. The maximum Gasteiger partial charge on any atom is 0.415 e. The van der Waals surface area contributed by atoms with Gasteiger partial charge >= 0.3 is 6.09 Å². The van der Waals surface area contributed by atoms with Crippen molar-refractivity contribution in [3.63, 3.8) is 0 Å². The van der Waals surface area contributed by atoms with Crippen LogP contribution >= 0.6 is 0 Å². The first kappa shape index (κ1) is 14.8. The van der Waals surface area contributed by atoms with Gasteiger partial charge in [-0.15, -0.1) is 0 Å². The first-order valence-corrected chi connectivity index (χ1v) is 7.02. The van der Waals surface area contributed by atoms with Crippen molar-refractivity contribution < 1.29 is 18.3 Å². The quantitative estimate of drug-likeness (QED) is 0.840. The number of carbonyl (C=O) groups excluding carboxylic acids is 1. The minimum atomic E-state index is -1.02. The lowest BCUT2D eigenvalue weighted by molar-refractivity contribution is 0.129. The van der Waals surface area contributed by atoms with Gasteiger partial charge in [0.1, 0.15) is 5.75 Å². The topological polar surface area (TPSA) is 29.5 Å². The fourth-order valence-electron chi connectivity index (χ4n) is 2.52. The number of amides is 1. The Hall–Kier alpha value is -1.65. The highest BCUT2D eigenvalue weighted by molar-refractivity contribution is 5.70. The van der Waals surface area contributed by atoms with Gasteiger partial charge in [-0.05, 0) is 30.9 Å². The first-order chi connectivity index (χ1) is 9.60. The number of ether oxygens (including phenoxy) is 1. The molecule has 1 aliphatic heterocycles. The van der Waals surface area contributed by atoms with Crippen molar-refractivity contribution in [1.29, 1.82) is 0 Å². The number of rotatable bonds is 3. The van der Waals surface area contributed by atoms with E-state index in [1.165, 1.54) is 12.5 Å². The van der Waals surface area contributed by atoms with Gasteiger partial charge < -0.3 is 9.64 Å². The van der Waals surface area contributed by atoms with Crippen LogP contribution in [0.1, 0.15) is 32.6 Å². The van der Waals surface area contributed by atoms with Crippen LogP contribution < -0.4 is 4.74 Å². The number of likely N-dealkylation sites (tertiary alicyclic amines) is 1. The molecule has 0 N–H and O–H groups in total. The van der Waals surface area contributed by atoms with E-state index in [2.05, 4.69) is 6.92 Å². The van der Waals surface area contributed by atoms with Crippen LogP contribution in [0.5, 0.6) is 5.75 Å². The molecule has 20 heavy (non-hydrogen) atoms. The summed E-state index contributed by atoms with van der Waals surface area (Å²) in [6.45, 7) is 3.48. The van der Waals surface area contributed by atoms with Crippen LogP contribution in [0.3, 0.4) is 0 Å². The molecule has 2 rings (SSSR count). The van der Waals surface area contributed by atoms with Crippen molar-refractivity contribution in [2.24, 2.45) is 5.92 Å². The normalized spacial score (nSPS) is 16.2. The lowest BCUT2D eigenvalue weighted by Gasteiger charge is -2.31. The zero-order valence-electron chi connectivity index (χ0n) is 11.6. The smallest absolute Gasteiger partial charge is 0.410 e. The third-order valence-corrected chi connectivity index (χ3v) is 3.67. The zero-order chi connectivity index (χ0) is 14.5. The zero-order valence-corrected chi connectivity index (χ0v) is 11.6. The maximum atomic E-state index is 13.0. The molecule has 0 spiro atoms. The van der Waals surface area contributed by atoms with Crippen LogP contribution in [0.2, 0.25) is 0 Å². The van der Waals surface area contributed by atoms with Crippen LogP contribution in [0, 0.1) is 17.6 Å². The fourth-order valence-corrected chi connectivity index (χ4v) is 2.52. The molecule has 0 radical (unpaired) electrons.